The molecular weight excluding hydrogens is 192 g/mol. The Labute approximate surface area is 90.8 Å². The summed E-state index contributed by atoms with van der Waals surface area (Å²) < 4.78 is 10.4. The van der Waals surface area contributed by atoms with E-state index in [2.05, 4.69) is 6.58 Å². The van der Waals surface area contributed by atoms with Crippen LogP contribution in [0.1, 0.15) is 33.1 Å². The van der Waals surface area contributed by atoms with E-state index in [1.165, 1.54) is 0 Å². The van der Waals surface area contributed by atoms with E-state index in [0.717, 1.165) is 24.2 Å². The number of ether oxygens (including phenoxy) is 2. The van der Waals surface area contributed by atoms with Crippen molar-refractivity contribution in [2.24, 2.45) is 0 Å². The normalized spacial score (nSPS) is 18.3. The van der Waals surface area contributed by atoms with Crippen molar-refractivity contribution in [3.8, 4) is 0 Å². The maximum Gasteiger partial charge on any atom is 0.337 e. The number of rotatable bonds is 4. The lowest BCUT2D eigenvalue weighted by Gasteiger charge is -2.10. The third kappa shape index (κ3) is 3.42. The summed E-state index contributed by atoms with van der Waals surface area (Å²) in [5.41, 5.74) is 1.59. The van der Waals surface area contributed by atoms with Gasteiger partial charge in [-0.05, 0) is 20.3 Å². The standard InChI is InChI=1S/C12H18O3/c1-4-14-12(13)10(8-9(2)3)11-6-5-7-15-11/h2,4-8H2,1,3H3/b11-10+. The topological polar surface area (TPSA) is 35.5 Å². The maximum absolute atomic E-state index is 11.7. The molecule has 84 valence electrons. The second-order valence-electron chi connectivity index (χ2n) is 3.71. The predicted octanol–water partition coefficient (Wildman–Crippen LogP) is 2.58. The van der Waals surface area contributed by atoms with E-state index in [1.54, 1.807) is 6.92 Å². The van der Waals surface area contributed by atoms with Crippen LogP contribution in [0.25, 0.3) is 0 Å². The van der Waals surface area contributed by atoms with Crippen LogP contribution >= 0.6 is 0 Å². The van der Waals surface area contributed by atoms with E-state index in [9.17, 15) is 4.79 Å². The molecule has 0 aromatic carbocycles. The van der Waals surface area contributed by atoms with Gasteiger partial charge in [0.15, 0.2) is 0 Å². The van der Waals surface area contributed by atoms with Gasteiger partial charge in [-0.1, -0.05) is 12.2 Å². The van der Waals surface area contributed by atoms with Crippen LogP contribution in [0.4, 0.5) is 0 Å². The van der Waals surface area contributed by atoms with E-state index < -0.39 is 0 Å². The van der Waals surface area contributed by atoms with E-state index in [0.29, 0.717) is 25.2 Å². The molecule has 15 heavy (non-hydrogen) atoms. The van der Waals surface area contributed by atoms with Gasteiger partial charge in [-0.2, -0.15) is 0 Å². The molecule has 0 unspecified atom stereocenters. The summed E-state index contributed by atoms with van der Waals surface area (Å²) in [6.45, 7) is 8.61. The average Bonchev–Trinajstić information content (AvgIpc) is 2.66. The average molecular weight is 210 g/mol. The minimum Gasteiger partial charge on any atom is -0.497 e. The summed E-state index contributed by atoms with van der Waals surface area (Å²) in [6.07, 6.45) is 2.37. The SMILES string of the molecule is C=C(C)C/C(C(=O)OCC)=C1/CCCO1. The summed E-state index contributed by atoms with van der Waals surface area (Å²) in [5, 5.41) is 0. The Hall–Kier alpha value is -1.25. The second kappa shape index (κ2) is 5.59. The van der Waals surface area contributed by atoms with Crippen molar-refractivity contribution in [1.82, 2.24) is 0 Å². The van der Waals surface area contributed by atoms with Crippen LogP contribution < -0.4 is 0 Å². The molecule has 0 spiro atoms. The molecule has 0 N–H and O–H groups in total. The molecule has 3 nitrogen and oxygen atoms in total. The minimum atomic E-state index is -0.266. The molecule has 1 rings (SSSR count). The third-order valence-electron chi connectivity index (χ3n) is 2.16. The molecule has 0 aromatic rings. The molecule has 1 heterocycles. The Morgan fingerprint density at radius 1 is 1.60 bits per heavy atom. The molecular formula is C12H18O3. The lowest BCUT2D eigenvalue weighted by atomic mass is 10.1. The van der Waals surface area contributed by atoms with Crippen LogP contribution in [0.15, 0.2) is 23.5 Å². The van der Waals surface area contributed by atoms with Crippen LogP contribution in [0.3, 0.4) is 0 Å². The lowest BCUT2D eigenvalue weighted by Crippen LogP contribution is -2.10. The summed E-state index contributed by atoms with van der Waals surface area (Å²) in [7, 11) is 0. The predicted molar refractivity (Wildman–Crippen MR) is 58.3 cm³/mol. The summed E-state index contributed by atoms with van der Waals surface area (Å²) in [4.78, 5) is 11.7. The van der Waals surface area contributed by atoms with Gasteiger partial charge in [0.25, 0.3) is 0 Å². The van der Waals surface area contributed by atoms with Gasteiger partial charge in [0.2, 0.25) is 0 Å². The zero-order valence-electron chi connectivity index (χ0n) is 9.47. The fraction of sp³-hybridized carbons (Fsp3) is 0.583. The molecule has 1 aliphatic rings. The van der Waals surface area contributed by atoms with Crippen LogP contribution in [-0.4, -0.2) is 19.2 Å². The van der Waals surface area contributed by atoms with Gasteiger partial charge in [0, 0.05) is 12.8 Å². The molecule has 1 fully saturated rings. The molecule has 1 aliphatic heterocycles. The Morgan fingerprint density at radius 2 is 2.33 bits per heavy atom. The highest BCUT2D eigenvalue weighted by Crippen LogP contribution is 2.24. The van der Waals surface area contributed by atoms with Crippen molar-refractivity contribution in [1.29, 1.82) is 0 Å². The van der Waals surface area contributed by atoms with Gasteiger partial charge in [-0.15, -0.1) is 0 Å². The number of carbonyl (C=O) groups is 1. The third-order valence-corrected chi connectivity index (χ3v) is 2.16. The summed E-state index contributed by atoms with van der Waals surface area (Å²) >= 11 is 0. The smallest absolute Gasteiger partial charge is 0.337 e. The van der Waals surface area contributed by atoms with Crippen molar-refractivity contribution < 1.29 is 14.3 Å². The highest BCUT2D eigenvalue weighted by atomic mass is 16.5. The first kappa shape index (κ1) is 11.8. The number of allylic oxidation sites excluding steroid dienone is 2. The molecule has 0 saturated carbocycles. The van der Waals surface area contributed by atoms with Crippen LogP contribution in [0, 0.1) is 0 Å². The zero-order valence-corrected chi connectivity index (χ0v) is 9.47. The number of hydrogen-bond acceptors (Lipinski definition) is 3. The molecule has 0 atom stereocenters. The van der Waals surface area contributed by atoms with Crippen molar-refractivity contribution in [2.75, 3.05) is 13.2 Å². The second-order valence-corrected chi connectivity index (χ2v) is 3.71. The minimum absolute atomic E-state index is 0.266. The first-order valence-corrected chi connectivity index (χ1v) is 5.31. The summed E-state index contributed by atoms with van der Waals surface area (Å²) in [5.74, 6) is 0.522. The van der Waals surface area contributed by atoms with Crippen molar-refractivity contribution >= 4 is 5.97 Å². The van der Waals surface area contributed by atoms with Crippen molar-refractivity contribution in [3.63, 3.8) is 0 Å². The molecule has 0 aromatic heterocycles. The van der Waals surface area contributed by atoms with E-state index >= 15 is 0 Å². The highest BCUT2D eigenvalue weighted by molar-refractivity contribution is 5.89. The largest absolute Gasteiger partial charge is 0.497 e. The maximum atomic E-state index is 11.7. The fourth-order valence-corrected chi connectivity index (χ4v) is 1.54. The van der Waals surface area contributed by atoms with E-state index in [-0.39, 0.29) is 5.97 Å². The quantitative estimate of drug-likeness (QED) is 0.406. The van der Waals surface area contributed by atoms with Gasteiger partial charge in [0.05, 0.1) is 18.8 Å². The van der Waals surface area contributed by atoms with Gasteiger partial charge in [0.1, 0.15) is 5.76 Å². The monoisotopic (exact) mass is 210 g/mol. The number of carbonyl (C=O) groups excluding carboxylic acids is 1. The molecule has 0 amide bonds. The van der Waals surface area contributed by atoms with Crippen LogP contribution in [0.2, 0.25) is 0 Å². The van der Waals surface area contributed by atoms with Crippen molar-refractivity contribution in [3.05, 3.63) is 23.5 Å². The van der Waals surface area contributed by atoms with E-state index in [1.807, 2.05) is 6.92 Å². The molecule has 0 radical (unpaired) electrons. The van der Waals surface area contributed by atoms with Crippen LogP contribution in [-0.2, 0) is 14.3 Å². The number of esters is 1. The first-order valence-electron chi connectivity index (χ1n) is 5.31. The van der Waals surface area contributed by atoms with Gasteiger partial charge in [-0.25, -0.2) is 4.79 Å². The Morgan fingerprint density at radius 3 is 2.80 bits per heavy atom. The Kier molecular flexibility index (Phi) is 4.40. The Bertz CT molecular complexity index is 281. The van der Waals surface area contributed by atoms with Crippen molar-refractivity contribution in [2.45, 2.75) is 33.1 Å². The number of hydrogen-bond donors (Lipinski definition) is 0. The molecule has 1 saturated heterocycles. The lowest BCUT2D eigenvalue weighted by molar-refractivity contribution is -0.138. The van der Waals surface area contributed by atoms with Gasteiger partial charge < -0.3 is 9.47 Å². The molecule has 0 bridgehead atoms. The summed E-state index contributed by atoms with van der Waals surface area (Å²) in [6, 6.07) is 0. The zero-order chi connectivity index (χ0) is 11.3. The fourth-order valence-electron chi connectivity index (χ4n) is 1.54. The molecule has 0 aliphatic carbocycles. The molecule has 3 heteroatoms. The highest BCUT2D eigenvalue weighted by Gasteiger charge is 2.20. The van der Waals surface area contributed by atoms with Gasteiger partial charge >= 0.3 is 5.97 Å². The Balaban J connectivity index is 2.81. The van der Waals surface area contributed by atoms with E-state index in [4.69, 9.17) is 9.47 Å². The van der Waals surface area contributed by atoms with Crippen LogP contribution in [0.5, 0.6) is 0 Å². The first-order chi connectivity index (χ1) is 7.15. The van der Waals surface area contributed by atoms with Gasteiger partial charge in [-0.3, -0.25) is 0 Å².